The van der Waals surface area contributed by atoms with Crippen LogP contribution in [0.3, 0.4) is 0 Å². The fourth-order valence-electron chi connectivity index (χ4n) is 4.12. The number of para-hydroxylation sites is 2. The number of carbonyl (C=O) groups excluding carboxylic acids is 2. The van der Waals surface area contributed by atoms with E-state index in [1.54, 1.807) is 4.90 Å². The minimum absolute atomic E-state index is 0.218. The molecule has 1 fully saturated rings. The summed E-state index contributed by atoms with van der Waals surface area (Å²) in [6, 6.07) is 14.5. The molecule has 1 N–H and O–H groups in total. The van der Waals surface area contributed by atoms with E-state index in [1.165, 1.54) is 0 Å². The second-order valence-corrected chi connectivity index (χ2v) is 7.28. The lowest BCUT2D eigenvalue weighted by atomic mass is 10.1. The van der Waals surface area contributed by atoms with Gasteiger partial charge in [0.2, 0.25) is 5.91 Å². The van der Waals surface area contributed by atoms with Crippen LogP contribution in [0.15, 0.2) is 48.5 Å². The average Bonchev–Trinajstić information content (AvgIpc) is 2.98. The molecule has 1 saturated heterocycles. The average molecular weight is 394 g/mol. The highest BCUT2D eigenvalue weighted by atomic mass is 16.7. The largest absolute Gasteiger partial charge is 0.338 e. The van der Waals surface area contributed by atoms with Gasteiger partial charge in [-0.2, -0.15) is 0 Å². The third kappa shape index (κ3) is 3.22. The molecule has 2 heterocycles. The van der Waals surface area contributed by atoms with Gasteiger partial charge in [-0.1, -0.05) is 50.2 Å². The van der Waals surface area contributed by atoms with E-state index in [-0.39, 0.29) is 11.8 Å². The molecule has 6 nitrogen and oxygen atoms in total. The lowest BCUT2D eigenvalue weighted by molar-refractivity contribution is -0.256. The van der Waals surface area contributed by atoms with Crippen molar-refractivity contribution in [1.82, 2.24) is 0 Å². The predicted molar refractivity (Wildman–Crippen MR) is 111 cm³/mol. The Morgan fingerprint density at radius 2 is 1.79 bits per heavy atom. The summed E-state index contributed by atoms with van der Waals surface area (Å²) in [6.07, 6.45) is 2.02. The van der Waals surface area contributed by atoms with E-state index < -0.39 is 11.8 Å². The molecule has 6 heteroatoms. The molecule has 29 heavy (non-hydrogen) atoms. The molecular weight excluding hydrogens is 368 g/mol. The van der Waals surface area contributed by atoms with Crippen molar-refractivity contribution in [2.75, 3.05) is 23.4 Å². The van der Waals surface area contributed by atoms with Crippen LogP contribution in [0.1, 0.15) is 37.8 Å². The van der Waals surface area contributed by atoms with Gasteiger partial charge in [-0.15, -0.1) is 0 Å². The highest BCUT2D eigenvalue weighted by molar-refractivity contribution is 6.12. The summed E-state index contributed by atoms with van der Waals surface area (Å²) in [5.74, 6) is -1.99. The quantitative estimate of drug-likeness (QED) is 0.841. The number of nitrogens with zero attached hydrogens (tertiary/aromatic N) is 1. The molecule has 0 unspecified atom stereocenters. The number of rotatable bonds is 5. The lowest BCUT2D eigenvalue weighted by Gasteiger charge is -2.33. The zero-order valence-electron chi connectivity index (χ0n) is 16.8. The van der Waals surface area contributed by atoms with Crippen molar-refractivity contribution in [2.45, 2.75) is 44.9 Å². The Balaban J connectivity index is 1.68. The second-order valence-electron chi connectivity index (χ2n) is 7.28. The number of fused-ring (bicyclic) bond motifs is 2. The minimum atomic E-state index is -1.44. The van der Waals surface area contributed by atoms with Crippen molar-refractivity contribution in [1.29, 1.82) is 0 Å². The van der Waals surface area contributed by atoms with Crippen LogP contribution in [0.2, 0.25) is 0 Å². The normalized spacial score (nSPS) is 18.6. The molecule has 2 amide bonds. The molecule has 0 aliphatic carbocycles. The lowest BCUT2D eigenvalue weighted by Crippen LogP contribution is -2.52. The summed E-state index contributed by atoms with van der Waals surface area (Å²) in [5.41, 5.74) is 3.17. The molecule has 4 rings (SSSR count). The van der Waals surface area contributed by atoms with Crippen LogP contribution in [-0.4, -0.2) is 31.1 Å². The first-order valence-electron chi connectivity index (χ1n) is 10.2. The van der Waals surface area contributed by atoms with Crippen LogP contribution in [0.25, 0.3) is 0 Å². The van der Waals surface area contributed by atoms with Crippen LogP contribution < -0.4 is 10.2 Å². The Bertz CT molecular complexity index is 921. The minimum Gasteiger partial charge on any atom is -0.338 e. The molecule has 0 saturated carbocycles. The zero-order chi connectivity index (χ0) is 20.4. The van der Waals surface area contributed by atoms with Gasteiger partial charge in [0, 0.05) is 11.3 Å². The van der Waals surface area contributed by atoms with Crippen LogP contribution >= 0.6 is 0 Å². The summed E-state index contributed by atoms with van der Waals surface area (Å²) in [4.78, 5) is 28.3. The third-order valence-electron chi connectivity index (χ3n) is 5.58. The number of ether oxygens (including phenoxy) is 2. The van der Waals surface area contributed by atoms with Crippen molar-refractivity contribution in [2.24, 2.45) is 0 Å². The van der Waals surface area contributed by atoms with E-state index in [9.17, 15) is 9.59 Å². The van der Waals surface area contributed by atoms with Gasteiger partial charge in [-0.25, -0.2) is 0 Å². The first kappa shape index (κ1) is 19.6. The molecule has 2 aromatic carbocycles. The Kier molecular flexibility index (Phi) is 5.39. The summed E-state index contributed by atoms with van der Waals surface area (Å²) in [5, 5.41) is 3.02. The highest BCUT2D eigenvalue weighted by Gasteiger charge is 2.56. The third-order valence-corrected chi connectivity index (χ3v) is 5.58. The monoisotopic (exact) mass is 394 g/mol. The Hall–Kier alpha value is -2.70. The number of aryl methyl sites for hydroxylation is 1. The molecule has 0 bridgehead atoms. The van der Waals surface area contributed by atoms with Crippen LogP contribution in [-0.2, 0) is 31.3 Å². The van der Waals surface area contributed by atoms with E-state index in [2.05, 4.69) is 5.32 Å². The zero-order valence-corrected chi connectivity index (χ0v) is 16.8. The van der Waals surface area contributed by atoms with Crippen molar-refractivity contribution in [3.8, 4) is 0 Å². The Labute approximate surface area is 170 Å². The maximum atomic E-state index is 13.5. The maximum Gasteiger partial charge on any atom is 0.293 e. The van der Waals surface area contributed by atoms with E-state index >= 15 is 0 Å². The summed E-state index contributed by atoms with van der Waals surface area (Å²) in [7, 11) is 0. The molecule has 1 atom stereocenters. The van der Waals surface area contributed by atoms with E-state index in [0.29, 0.717) is 30.9 Å². The van der Waals surface area contributed by atoms with Crippen molar-refractivity contribution in [3.63, 3.8) is 0 Å². The van der Waals surface area contributed by atoms with Gasteiger partial charge in [0.25, 0.3) is 11.7 Å². The predicted octanol–water partition coefficient (Wildman–Crippen LogP) is 3.60. The van der Waals surface area contributed by atoms with Gasteiger partial charge < -0.3 is 14.8 Å². The maximum absolute atomic E-state index is 13.5. The number of nitrogens with one attached hydrogen (secondary N) is 1. The van der Waals surface area contributed by atoms with Gasteiger partial charge in [-0.3, -0.25) is 14.5 Å². The van der Waals surface area contributed by atoms with Crippen LogP contribution in [0.4, 0.5) is 11.4 Å². The molecular formula is C23H26N2O4. The van der Waals surface area contributed by atoms with Crippen molar-refractivity contribution >= 4 is 23.2 Å². The topological polar surface area (TPSA) is 67.9 Å². The number of hydrogen-bond donors (Lipinski definition) is 1. The number of carbonyl (C=O) groups is 2. The second kappa shape index (κ2) is 7.97. The van der Waals surface area contributed by atoms with Crippen molar-refractivity contribution < 1.29 is 19.1 Å². The fraction of sp³-hybridized carbons (Fsp3) is 0.391. The number of anilines is 2. The smallest absolute Gasteiger partial charge is 0.293 e. The van der Waals surface area contributed by atoms with Gasteiger partial charge in [0.1, 0.15) is 6.04 Å². The van der Waals surface area contributed by atoms with Gasteiger partial charge in [-0.05, 0) is 37.0 Å². The SMILES string of the molecule is CCc1ccccc1NC(=O)[C@@H](CC)N1C(=O)C2(OCCCO2)c2ccccc21. The van der Waals surface area contributed by atoms with E-state index in [4.69, 9.17) is 9.47 Å². The van der Waals surface area contributed by atoms with E-state index in [0.717, 1.165) is 24.1 Å². The molecule has 0 radical (unpaired) electrons. The Morgan fingerprint density at radius 1 is 1.10 bits per heavy atom. The molecule has 2 aliphatic heterocycles. The van der Waals surface area contributed by atoms with E-state index in [1.807, 2.05) is 62.4 Å². The Morgan fingerprint density at radius 3 is 2.52 bits per heavy atom. The number of benzene rings is 2. The van der Waals surface area contributed by atoms with Gasteiger partial charge >= 0.3 is 0 Å². The summed E-state index contributed by atoms with van der Waals surface area (Å²) < 4.78 is 11.8. The summed E-state index contributed by atoms with van der Waals surface area (Å²) >= 11 is 0. The standard InChI is InChI=1S/C23H26N2O4/c1-3-16-10-5-7-12-18(16)24-21(26)19(4-2)25-20-13-8-6-11-17(20)23(22(25)27)28-14-9-15-29-23/h5-8,10-13,19H,3-4,9,14-15H2,1-2H3,(H,24,26)/t19-/m1/s1. The fourth-order valence-corrected chi connectivity index (χ4v) is 4.12. The first-order valence-corrected chi connectivity index (χ1v) is 10.2. The molecule has 2 aromatic rings. The first-order chi connectivity index (χ1) is 14.1. The van der Waals surface area contributed by atoms with Gasteiger partial charge in [0.05, 0.1) is 18.9 Å². The molecule has 0 aromatic heterocycles. The van der Waals surface area contributed by atoms with Crippen LogP contribution in [0.5, 0.6) is 0 Å². The summed E-state index contributed by atoms with van der Waals surface area (Å²) in [6.45, 7) is 4.84. The van der Waals surface area contributed by atoms with Crippen LogP contribution in [0, 0.1) is 0 Å². The molecule has 152 valence electrons. The highest BCUT2D eigenvalue weighted by Crippen LogP contribution is 2.46. The number of hydrogen-bond acceptors (Lipinski definition) is 4. The molecule has 1 spiro atoms. The number of amides is 2. The van der Waals surface area contributed by atoms with Crippen molar-refractivity contribution in [3.05, 3.63) is 59.7 Å². The van der Waals surface area contributed by atoms with Gasteiger partial charge in [0.15, 0.2) is 0 Å². The molecule has 2 aliphatic rings.